The first-order chi connectivity index (χ1) is 34.7. The van der Waals surface area contributed by atoms with Crippen LogP contribution in [0.5, 0.6) is 23.0 Å². The fourth-order valence-electron chi connectivity index (χ4n) is 13.1. The number of ether oxygens (including phenoxy) is 2. The quantitative estimate of drug-likeness (QED) is 0.177. The van der Waals surface area contributed by atoms with Crippen molar-refractivity contribution in [3.05, 3.63) is 281 Å². The zero-order valence-corrected chi connectivity index (χ0v) is 37.7. The molecule has 2 aliphatic carbocycles. The summed E-state index contributed by atoms with van der Waals surface area (Å²) in [4.78, 5) is 2.43. The van der Waals surface area contributed by atoms with E-state index in [0.29, 0.717) is 0 Å². The molecule has 0 radical (unpaired) electrons. The van der Waals surface area contributed by atoms with Crippen molar-refractivity contribution in [2.24, 2.45) is 0 Å². The van der Waals surface area contributed by atoms with Crippen molar-refractivity contribution in [1.29, 1.82) is 0 Å². The number of anilines is 3. The lowest BCUT2D eigenvalue weighted by molar-refractivity contribution is 0.436. The highest BCUT2D eigenvalue weighted by atomic mass is 16.5. The van der Waals surface area contributed by atoms with Crippen molar-refractivity contribution in [2.45, 2.75) is 10.8 Å². The fourth-order valence-corrected chi connectivity index (χ4v) is 13.1. The lowest BCUT2D eigenvalue weighted by Gasteiger charge is -2.41. The average molecular weight is 894 g/mol. The molecule has 11 aromatic carbocycles. The fraction of sp³-hybridized carbons (Fsp3) is 0.0303. The first kappa shape index (κ1) is 37.9. The minimum atomic E-state index is -0.690. The standard InChI is InChI=1S/C66H39NO3/c1-2-17-43-40(16-1)32-35-53-63(43)46-20-5-9-24-50(46)66(53)52-26-11-14-30-59(52)70-61-37-34-42(39-55(61)66)67(56-27-15-31-62-64(56)47-21-6-12-28-57(47)68-62)41-33-36-60-54(38-41)65(51-25-10-13-29-58(51)69-60)48-22-7-3-18-44(48)45-19-4-8-23-49(45)65/h1-39H. The molecule has 0 bridgehead atoms. The molecule has 2 spiro atoms. The molecule has 0 fully saturated rings. The van der Waals surface area contributed by atoms with Gasteiger partial charge in [0.1, 0.15) is 34.2 Å². The molecule has 16 rings (SSSR count). The normalized spacial score (nSPS) is 15.8. The van der Waals surface area contributed by atoms with Crippen LogP contribution in [-0.4, -0.2) is 0 Å². The molecule has 2 aliphatic heterocycles. The Labute approximate surface area is 403 Å². The van der Waals surface area contributed by atoms with Gasteiger partial charge < -0.3 is 18.8 Å². The predicted octanol–water partition coefficient (Wildman–Crippen LogP) is 17.1. The summed E-state index contributed by atoms with van der Waals surface area (Å²) in [5.41, 5.74) is 17.7. The minimum Gasteiger partial charge on any atom is -0.457 e. The Morgan fingerprint density at radius 2 is 0.800 bits per heavy atom. The van der Waals surface area contributed by atoms with E-state index in [-0.39, 0.29) is 0 Å². The van der Waals surface area contributed by atoms with Gasteiger partial charge in [0.2, 0.25) is 0 Å². The van der Waals surface area contributed by atoms with E-state index >= 15 is 0 Å². The van der Waals surface area contributed by atoms with Gasteiger partial charge in [-0.3, -0.25) is 0 Å². The number of para-hydroxylation sites is 3. The van der Waals surface area contributed by atoms with Crippen molar-refractivity contribution < 1.29 is 13.9 Å². The van der Waals surface area contributed by atoms with Gasteiger partial charge in [0.25, 0.3) is 0 Å². The molecular weight excluding hydrogens is 855 g/mol. The van der Waals surface area contributed by atoms with Crippen LogP contribution in [-0.2, 0) is 10.8 Å². The summed E-state index contributed by atoms with van der Waals surface area (Å²) < 4.78 is 20.7. The van der Waals surface area contributed by atoms with Crippen LogP contribution in [0.15, 0.2) is 241 Å². The molecule has 1 aromatic heterocycles. The largest absolute Gasteiger partial charge is 0.457 e. The molecule has 0 saturated heterocycles. The van der Waals surface area contributed by atoms with Crippen molar-refractivity contribution >= 4 is 49.8 Å². The molecule has 0 saturated carbocycles. The Morgan fingerprint density at radius 3 is 1.46 bits per heavy atom. The van der Waals surface area contributed by atoms with Crippen molar-refractivity contribution in [3.63, 3.8) is 0 Å². The number of hydrogen-bond donors (Lipinski definition) is 0. The lowest BCUT2D eigenvalue weighted by atomic mass is 9.65. The third-order valence-corrected chi connectivity index (χ3v) is 15.8. The molecule has 0 amide bonds. The van der Waals surface area contributed by atoms with Gasteiger partial charge in [-0.1, -0.05) is 170 Å². The Balaban J connectivity index is 1.01. The van der Waals surface area contributed by atoms with E-state index in [0.717, 1.165) is 84.3 Å². The van der Waals surface area contributed by atoms with Crippen LogP contribution in [0.1, 0.15) is 44.5 Å². The molecule has 4 heteroatoms. The predicted molar refractivity (Wildman–Crippen MR) is 281 cm³/mol. The van der Waals surface area contributed by atoms with E-state index in [1.807, 2.05) is 6.07 Å². The SMILES string of the molecule is c1ccc2c(c1)Oc1ccc(N(c3ccc4c(c3)C3(c5ccccc5O4)c4ccccc4-c4c3ccc3ccccc43)c3cccc4oc5ccccc5c34)cc1C21c2ccccc2-c2ccccc21. The Hall–Kier alpha value is -9.12. The first-order valence-corrected chi connectivity index (χ1v) is 24.1. The zero-order chi connectivity index (χ0) is 45.7. The van der Waals surface area contributed by atoms with Gasteiger partial charge >= 0.3 is 0 Å². The third-order valence-electron chi connectivity index (χ3n) is 15.8. The van der Waals surface area contributed by atoms with Gasteiger partial charge in [0.05, 0.1) is 21.9 Å². The maximum absolute atomic E-state index is 7.03. The third kappa shape index (κ3) is 4.70. The average Bonchev–Trinajstić information content (AvgIpc) is 4.06. The van der Waals surface area contributed by atoms with Crippen LogP contribution in [0.4, 0.5) is 17.1 Å². The van der Waals surface area contributed by atoms with E-state index in [9.17, 15) is 0 Å². The van der Waals surface area contributed by atoms with Gasteiger partial charge in [0.15, 0.2) is 0 Å². The first-order valence-electron chi connectivity index (χ1n) is 24.1. The molecule has 326 valence electrons. The Morgan fingerprint density at radius 1 is 0.314 bits per heavy atom. The lowest BCUT2D eigenvalue weighted by Crippen LogP contribution is -2.33. The summed E-state index contributed by atoms with van der Waals surface area (Å²) in [6.07, 6.45) is 0. The Kier molecular flexibility index (Phi) is 7.45. The second-order valence-electron chi connectivity index (χ2n) is 19.0. The number of hydrogen-bond acceptors (Lipinski definition) is 4. The van der Waals surface area contributed by atoms with Gasteiger partial charge in [-0.25, -0.2) is 0 Å². The second kappa shape index (κ2) is 13.7. The van der Waals surface area contributed by atoms with Crippen LogP contribution < -0.4 is 14.4 Å². The summed E-state index contributed by atoms with van der Waals surface area (Å²) in [5.74, 6) is 3.40. The van der Waals surface area contributed by atoms with Crippen molar-refractivity contribution in [2.75, 3.05) is 4.90 Å². The molecule has 3 heterocycles. The number of furan rings is 1. The van der Waals surface area contributed by atoms with E-state index in [1.165, 1.54) is 55.3 Å². The topological polar surface area (TPSA) is 34.8 Å². The highest BCUT2D eigenvalue weighted by Crippen LogP contribution is 2.65. The van der Waals surface area contributed by atoms with Crippen molar-refractivity contribution in [1.82, 2.24) is 0 Å². The van der Waals surface area contributed by atoms with Gasteiger partial charge in [-0.2, -0.15) is 0 Å². The molecule has 4 nitrogen and oxygen atoms in total. The number of nitrogens with zero attached hydrogens (tertiary/aromatic N) is 1. The monoisotopic (exact) mass is 893 g/mol. The maximum atomic E-state index is 7.03. The van der Waals surface area contributed by atoms with E-state index in [4.69, 9.17) is 13.9 Å². The molecule has 4 aliphatic rings. The van der Waals surface area contributed by atoms with E-state index < -0.39 is 10.8 Å². The molecule has 12 aromatic rings. The number of benzene rings is 11. The van der Waals surface area contributed by atoms with Gasteiger partial charge in [-0.15, -0.1) is 0 Å². The minimum absolute atomic E-state index is 0.648. The van der Waals surface area contributed by atoms with E-state index in [2.05, 4.69) is 235 Å². The summed E-state index contributed by atoms with van der Waals surface area (Å²) in [6, 6.07) is 85.9. The maximum Gasteiger partial charge on any atom is 0.137 e. The van der Waals surface area contributed by atoms with Crippen LogP contribution in [0, 0.1) is 0 Å². The van der Waals surface area contributed by atoms with Crippen LogP contribution in [0.3, 0.4) is 0 Å². The Bertz CT molecular complexity index is 4190. The second-order valence-corrected chi connectivity index (χ2v) is 19.0. The zero-order valence-electron chi connectivity index (χ0n) is 37.7. The highest BCUT2D eigenvalue weighted by Gasteiger charge is 2.53. The van der Waals surface area contributed by atoms with Crippen LogP contribution in [0.25, 0.3) is 55.0 Å². The molecule has 1 unspecified atom stereocenters. The smallest absolute Gasteiger partial charge is 0.137 e. The molecule has 1 atom stereocenters. The molecular formula is C66H39NO3. The highest BCUT2D eigenvalue weighted by molar-refractivity contribution is 6.13. The molecule has 70 heavy (non-hydrogen) atoms. The van der Waals surface area contributed by atoms with Crippen LogP contribution in [0.2, 0.25) is 0 Å². The summed E-state index contributed by atoms with van der Waals surface area (Å²) in [5, 5.41) is 4.56. The van der Waals surface area contributed by atoms with Crippen LogP contribution >= 0.6 is 0 Å². The number of fused-ring (bicyclic) bond motifs is 23. The summed E-state index contributed by atoms with van der Waals surface area (Å²) in [7, 11) is 0. The van der Waals surface area contributed by atoms with Gasteiger partial charge in [-0.05, 0) is 122 Å². The number of rotatable bonds is 3. The van der Waals surface area contributed by atoms with E-state index in [1.54, 1.807) is 0 Å². The van der Waals surface area contributed by atoms with Crippen molar-refractivity contribution in [3.8, 4) is 45.3 Å². The summed E-state index contributed by atoms with van der Waals surface area (Å²) >= 11 is 0. The van der Waals surface area contributed by atoms with Gasteiger partial charge in [0, 0.05) is 39.0 Å². The molecule has 0 N–H and O–H groups in total. The summed E-state index contributed by atoms with van der Waals surface area (Å²) in [6.45, 7) is 0.